The van der Waals surface area contributed by atoms with Gasteiger partial charge in [0.2, 0.25) is 0 Å². The van der Waals surface area contributed by atoms with E-state index in [9.17, 15) is 5.11 Å². The first-order valence-electron chi connectivity index (χ1n) is 9.12. The highest BCUT2D eigenvalue weighted by Gasteiger charge is 2.27. The van der Waals surface area contributed by atoms with Crippen molar-refractivity contribution in [1.82, 2.24) is 14.9 Å². The van der Waals surface area contributed by atoms with E-state index in [0.717, 1.165) is 41.8 Å². The Bertz CT molecular complexity index is 742. The molecule has 0 bridgehead atoms. The van der Waals surface area contributed by atoms with Crippen LogP contribution in [0.15, 0.2) is 0 Å². The quantitative estimate of drug-likeness (QED) is 0.894. The van der Waals surface area contributed by atoms with Crippen molar-refractivity contribution in [2.24, 2.45) is 0 Å². The molecule has 2 unspecified atom stereocenters. The van der Waals surface area contributed by atoms with Crippen LogP contribution in [0.2, 0.25) is 0 Å². The van der Waals surface area contributed by atoms with Gasteiger partial charge in [-0.2, -0.15) is 0 Å². The van der Waals surface area contributed by atoms with Crippen LogP contribution in [-0.2, 0) is 19.4 Å². The maximum absolute atomic E-state index is 10.1. The van der Waals surface area contributed by atoms with Crippen LogP contribution in [0.1, 0.15) is 55.3 Å². The van der Waals surface area contributed by atoms with Gasteiger partial charge in [-0.05, 0) is 57.6 Å². The summed E-state index contributed by atoms with van der Waals surface area (Å²) in [4.78, 5) is 14.3. The highest BCUT2D eigenvalue weighted by atomic mass is 32.1. The molecule has 5 nitrogen and oxygen atoms in total. The number of likely N-dealkylation sites (tertiary alicyclic amines) is 1. The first-order valence-corrected chi connectivity index (χ1v) is 9.94. The molecule has 1 saturated heterocycles. The van der Waals surface area contributed by atoms with Crippen molar-refractivity contribution in [1.29, 1.82) is 0 Å². The molecule has 1 aliphatic heterocycles. The van der Waals surface area contributed by atoms with Gasteiger partial charge in [-0.1, -0.05) is 6.42 Å². The van der Waals surface area contributed by atoms with Gasteiger partial charge in [-0.15, -0.1) is 11.3 Å². The predicted molar refractivity (Wildman–Crippen MR) is 98.2 cm³/mol. The third-order valence-electron chi connectivity index (χ3n) is 5.45. The lowest BCUT2D eigenvalue weighted by Gasteiger charge is -2.36. The van der Waals surface area contributed by atoms with Crippen LogP contribution in [0.4, 0.5) is 5.82 Å². The number of aromatic nitrogens is 2. The van der Waals surface area contributed by atoms with Crippen LogP contribution >= 0.6 is 11.3 Å². The first-order chi connectivity index (χ1) is 11.6. The Hall–Kier alpha value is -1.24. The second-order valence-corrected chi connectivity index (χ2v) is 8.27. The number of hydrogen-bond donors (Lipinski definition) is 2. The van der Waals surface area contributed by atoms with Crippen LogP contribution in [0, 0.1) is 0 Å². The van der Waals surface area contributed by atoms with E-state index in [-0.39, 0.29) is 12.1 Å². The molecule has 2 aliphatic rings. The zero-order chi connectivity index (χ0) is 16.7. The maximum atomic E-state index is 10.1. The molecule has 130 valence electrons. The van der Waals surface area contributed by atoms with E-state index in [1.54, 1.807) is 11.3 Å². The average Bonchev–Trinajstić information content (AvgIpc) is 2.93. The molecule has 0 aromatic carbocycles. The summed E-state index contributed by atoms with van der Waals surface area (Å²) < 4.78 is 0. The summed E-state index contributed by atoms with van der Waals surface area (Å²) in [5, 5.41) is 11.2. The van der Waals surface area contributed by atoms with Gasteiger partial charge in [0.25, 0.3) is 0 Å². The van der Waals surface area contributed by atoms with Crippen molar-refractivity contribution in [3.8, 4) is 0 Å². The second-order valence-electron chi connectivity index (χ2n) is 7.19. The average molecular weight is 347 g/mol. The molecule has 6 heteroatoms. The standard InChI is InChI=1S/C18H26N4OS/c1-11(23)13-7-4-5-9-22(13)10-15-20-17(19)16-12-6-2-3-8-14(12)24-18(16)21-15/h11,13,23H,2-10H2,1H3,(H2,19,20,21). The number of fused-ring (bicyclic) bond motifs is 3. The van der Waals surface area contributed by atoms with Crippen LogP contribution < -0.4 is 5.73 Å². The summed E-state index contributed by atoms with van der Waals surface area (Å²) in [6, 6.07) is 0.204. The first kappa shape index (κ1) is 16.2. The Labute approximate surface area is 146 Å². The van der Waals surface area contributed by atoms with E-state index in [0.29, 0.717) is 12.4 Å². The number of aliphatic hydroxyl groups excluding tert-OH is 1. The largest absolute Gasteiger partial charge is 0.392 e. The van der Waals surface area contributed by atoms with E-state index in [2.05, 4.69) is 9.88 Å². The molecule has 2 aromatic rings. The molecule has 3 N–H and O–H groups in total. The normalized spacial score (nSPS) is 23.3. The molecule has 0 amide bonds. The number of rotatable bonds is 3. The minimum Gasteiger partial charge on any atom is -0.392 e. The molecule has 0 spiro atoms. The summed E-state index contributed by atoms with van der Waals surface area (Å²) in [7, 11) is 0. The van der Waals surface area contributed by atoms with E-state index < -0.39 is 0 Å². The van der Waals surface area contributed by atoms with Crippen molar-refractivity contribution in [2.75, 3.05) is 12.3 Å². The Kier molecular flexibility index (Phi) is 4.45. The number of aryl methyl sites for hydroxylation is 2. The molecule has 1 aliphatic carbocycles. The minimum atomic E-state index is -0.319. The predicted octanol–water partition coefficient (Wildman–Crippen LogP) is 2.89. The number of nitrogens with two attached hydrogens (primary N) is 1. The molecule has 0 saturated carbocycles. The zero-order valence-electron chi connectivity index (χ0n) is 14.3. The van der Waals surface area contributed by atoms with E-state index in [4.69, 9.17) is 10.7 Å². The number of aliphatic hydroxyl groups is 1. The summed E-state index contributed by atoms with van der Waals surface area (Å²) in [5.74, 6) is 1.44. The smallest absolute Gasteiger partial charge is 0.146 e. The number of hydrogen-bond acceptors (Lipinski definition) is 6. The summed E-state index contributed by atoms with van der Waals surface area (Å²) >= 11 is 1.80. The third kappa shape index (κ3) is 2.91. The summed E-state index contributed by atoms with van der Waals surface area (Å²) in [6.45, 7) is 3.56. The van der Waals surface area contributed by atoms with Crippen molar-refractivity contribution in [2.45, 2.75) is 70.6 Å². The number of piperidine rings is 1. The maximum Gasteiger partial charge on any atom is 0.146 e. The fourth-order valence-electron chi connectivity index (χ4n) is 4.24. The fraction of sp³-hybridized carbons (Fsp3) is 0.667. The number of nitrogen functional groups attached to an aromatic ring is 1. The molecule has 2 aromatic heterocycles. The number of thiophene rings is 1. The van der Waals surface area contributed by atoms with E-state index in [1.165, 1.54) is 36.1 Å². The van der Waals surface area contributed by atoms with Gasteiger partial charge in [-0.25, -0.2) is 9.97 Å². The molecule has 3 heterocycles. The fourth-order valence-corrected chi connectivity index (χ4v) is 5.53. The molecule has 24 heavy (non-hydrogen) atoms. The van der Waals surface area contributed by atoms with Crippen molar-refractivity contribution >= 4 is 27.4 Å². The Morgan fingerprint density at radius 3 is 2.92 bits per heavy atom. The molecule has 2 atom stereocenters. The number of nitrogens with zero attached hydrogens (tertiary/aromatic N) is 3. The molecule has 0 radical (unpaired) electrons. The van der Waals surface area contributed by atoms with Crippen molar-refractivity contribution in [3.05, 3.63) is 16.3 Å². The van der Waals surface area contributed by atoms with Crippen LogP contribution in [0.3, 0.4) is 0 Å². The van der Waals surface area contributed by atoms with E-state index in [1.807, 2.05) is 6.92 Å². The van der Waals surface area contributed by atoms with Gasteiger partial charge in [-0.3, -0.25) is 4.90 Å². The zero-order valence-corrected chi connectivity index (χ0v) is 15.1. The van der Waals surface area contributed by atoms with Gasteiger partial charge in [0.1, 0.15) is 16.5 Å². The highest BCUT2D eigenvalue weighted by molar-refractivity contribution is 7.19. The monoisotopic (exact) mass is 346 g/mol. The van der Waals surface area contributed by atoms with Gasteiger partial charge in [0.15, 0.2) is 0 Å². The summed E-state index contributed by atoms with van der Waals surface area (Å²) in [6.07, 6.45) is 7.86. The second kappa shape index (κ2) is 6.58. The van der Waals surface area contributed by atoms with Crippen LogP contribution in [0.25, 0.3) is 10.2 Å². The summed E-state index contributed by atoms with van der Waals surface area (Å²) in [5.41, 5.74) is 7.71. The molecule has 1 fully saturated rings. The van der Waals surface area contributed by atoms with Gasteiger partial charge in [0.05, 0.1) is 18.0 Å². The Balaban J connectivity index is 1.65. The lowest BCUT2D eigenvalue weighted by Crippen LogP contribution is -2.45. The lowest BCUT2D eigenvalue weighted by atomic mass is 9.97. The highest BCUT2D eigenvalue weighted by Crippen LogP contribution is 2.37. The van der Waals surface area contributed by atoms with Crippen LogP contribution in [0.5, 0.6) is 0 Å². The topological polar surface area (TPSA) is 75.3 Å². The van der Waals surface area contributed by atoms with Gasteiger partial charge >= 0.3 is 0 Å². The molecular formula is C18H26N4OS. The SMILES string of the molecule is CC(O)C1CCCCN1Cc1nc(N)c2c3c(sc2n1)CCCC3. The molecule has 4 rings (SSSR count). The molecular weight excluding hydrogens is 320 g/mol. The Morgan fingerprint density at radius 1 is 1.25 bits per heavy atom. The third-order valence-corrected chi connectivity index (χ3v) is 6.64. The van der Waals surface area contributed by atoms with E-state index >= 15 is 0 Å². The Morgan fingerprint density at radius 2 is 2.08 bits per heavy atom. The van der Waals surface area contributed by atoms with Crippen molar-refractivity contribution < 1.29 is 5.11 Å². The van der Waals surface area contributed by atoms with Crippen molar-refractivity contribution in [3.63, 3.8) is 0 Å². The number of anilines is 1. The van der Waals surface area contributed by atoms with Crippen LogP contribution in [-0.4, -0.2) is 38.7 Å². The lowest BCUT2D eigenvalue weighted by molar-refractivity contribution is 0.0303. The van der Waals surface area contributed by atoms with Gasteiger partial charge < -0.3 is 10.8 Å². The van der Waals surface area contributed by atoms with Gasteiger partial charge in [0, 0.05) is 10.9 Å². The minimum absolute atomic E-state index is 0.204.